The van der Waals surface area contributed by atoms with E-state index in [1.807, 2.05) is 26.0 Å². The van der Waals surface area contributed by atoms with Crippen molar-refractivity contribution in [3.8, 4) is 0 Å². The highest BCUT2D eigenvalue weighted by Gasteiger charge is 2.44. The number of ether oxygens (including phenoxy) is 2. The van der Waals surface area contributed by atoms with E-state index in [4.69, 9.17) is 20.5 Å². The summed E-state index contributed by atoms with van der Waals surface area (Å²) < 4.78 is 11.0. The number of aliphatic hydroxyl groups is 2. The molecule has 0 aromatic carbocycles. The highest BCUT2D eigenvalue weighted by molar-refractivity contribution is 5.01. The zero-order valence-corrected chi connectivity index (χ0v) is 13.1. The van der Waals surface area contributed by atoms with Crippen molar-refractivity contribution in [2.75, 3.05) is 6.61 Å². The molecular formula is C13H22N6O4. The number of aliphatic hydroxyl groups excluding tert-OH is 2. The molecule has 2 rings (SSSR count). The van der Waals surface area contributed by atoms with E-state index in [-0.39, 0.29) is 6.42 Å². The van der Waals surface area contributed by atoms with Crippen LogP contribution in [0.2, 0.25) is 0 Å². The Hall–Kier alpha value is -1.80. The van der Waals surface area contributed by atoms with Gasteiger partial charge < -0.3 is 19.7 Å². The van der Waals surface area contributed by atoms with E-state index in [9.17, 15) is 10.2 Å². The molecule has 0 radical (unpaired) electrons. The molecule has 1 unspecified atom stereocenters. The van der Waals surface area contributed by atoms with Crippen molar-refractivity contribution in [3.05, 3.63) is 33.0 Å². The van der Waals surface area contributed by atoms with Crippen molar-refractivity contribution in [2.24, 2.45) is 10.2 Å². The molecule has 1 saturated carbocycles. The lowest BCUT2D eigenvalue weighted by Gasteiger charge is -2.40. The normalized spacial score (nSPS) is 36.0. The third kappa shape index (κ3) is 5.11. The van der Waals surface area contributed by atoms with Gasteiger partial charge >= 0.3 is 0 Å². The Morgan fingerprint density at radius 3 is 2.30 bits per heavy atom. The van der Waals surface area contributed by atoms with Crippen molar-refractivity contribution >= 4 is 0 Å². The molecule has 2 aliphatic rings. The second kappa shape index (κ2) is 10.1. The van der Waals surface area contributed by atoms with Crippen LogP contribution < -0.4 is 0 Å². The quantitative estimate of drug-likeness (QED) is 0.351. The maximum absolute atomic E-state index is 10.1. The van der Waals surface area contributed by atoms with Crippen molar-refractivity contribution < 1.29 is 19.7 Å². The highest BCUT2D eigenvalue weighted by Crippen LogP contribution is 2.29. The molecule has 0 spiro atoms. The van der Waals surface area contributed by atoms with Gasteiger partial charge in [0.2, 0.25) is 0 Å². The zero-order valence-electron chi connectivity index (χ0n) is 13.1. The molecular weight excluding hydrogens is 304 g/mol. The summed E-state index contributed by atoms with van der Waals surface area (Å²) >= 11 is 0. The van der Waals surface area contributed by atoms with E-state index in [1.54, 1.807) is 0 Å². The second-order valence-electron chi connectivity index (χ2n) is 4.83. The van der Waals surface area contributed by atoms with Gasteiger partial charge in [-0.05, 0) is 17.5 Å². The summed E-state index contributed by atoms with van der Waals surface area (Å²) in [6.45, 7) is 4.39. The summed E-state index contributed by atoms with van der Waals surface area (Å²) in [6, 6.07) is -1.62. The lowest BCUT2D eigenvalue weighted by Crippen LogP contribution is -2.56. The van der Waals surface area contributed by atoms with Gasteiger partial charge in [-0.2, -0.15) is 0 Å². The molecule has 0 aromatic rings. The molecule has 1 aliphatic heterocycles. The van der Waals surface area contributed by atoms with Gasteiger partial charge in [-0.1, -0.05) is 36.2 Å². The lowest BCUT2D eigenvalue weighted by atomic mass is 9.84. The van der Waals surface area contributed by atoms with Crippen molar-refractivity contribution in [1.82, 2.24) is 0 Å². The molecule has 10 nitrogen and oxygen atoms in total. The minimum absolute atomic E-state index is 0.0968. The zero-order chi connectivity index (χ0) is 17.2. The van der Waals surface area contributed by atoms with E-state index in [0.717, 1.165) is 0 Å². The second-order valence-corrected chi connectivity index (χ2v) is 4.83. The van der Waals surface area contributed by atoms with Crippen LogP contribution in [-0.4, -0.2) is 53.5 Å². The molecule has 0 amide bonds. The topological polar surface area (TPSA) is 156 Å². The average Bonchev–Trinajstić information content (AvgIpc) is 2.59. The summed E-state index contributed by atoms with van der Waals surface area (Å²) in [6.07, 6.45) is 0.211. The Kier molecular flexibility index (Phi) is 8.42. The van der Waals surface area contributed by atoms with E-state index in [0.29, 0.717) is 13.0 Å². The predicted molar refractivity (Wildman–Crippen MR) is 82.2 cm³/mol. The smallest absolute Gasteiger partial charge is 0.161 e. The Labute approximate surface area is 134 Å². The van der Waals surface area contributed by atoms with Crippen molar-refractivity contribution in [1.29, 1.82) is 0 Å². The maximum Gasteiger partial charge on any atom is 0.161 e. The summed E-state index contributed by atoms with van der Waals surface area (Å²) in [5.41, 5.74) is 17.1. The molecule has 23 heavy (non-hydrogen) atoms. The van der Waals surface area contributed by atoms with Gasteiger partial charge in [0, 0.05) is 16.2 Å². The van der Waals surface area contributed by atoms with E-state index < -0.39 is 36.7 Å². The minimum atomic E-state index is -1.33. The monoisotopic (exact) mass is 326 g/mol. The van der Waals surface area contributed by atoms with Crippen LogP contribution in [0.15, 0.2) is 22.4 Å². The van der Waals surface area contributed by atoms with Gasteiger partial charge in [-0.25, -0.2) is 0 Å². The van der Waals surface area contributed by atoms with Crippen LogP contribution in [0.5, 0.6) is 0 Å². The van der Waals surface area contributed by atoms with Crippen LogP contribution in [0.25, 0.3) is 20.9 Å². The largest absolute Gasteiger partial charge is 0.390 e. The van der Waals surface area contributed by atoms with Gasteiger partial charge in [0.25, 0.3) is 0 Å². The third-order valence-electron chi connectivity index (χ3n) is 3.53. The summed E-state index contributed by atoms with van der Waals surface area (Å²) in [4.78, 5) is 5.34. The van der Waals surface area contributed by atoms with Gasteiger partial charge in [-0.3, -0.25) is 0 Å². The minimum Gasteiger partial charge on any atom is -0.390 e. The SMILES string of the molecule is CC.[N-]=[N+]=N[C@H]1C[C@@H](N=[N+]=[N-])[C@H](O)[C@@H](O)[C@@H]1OC1CC=CCO1. The van der Waals surface area contributed by atoms with Crippen LogP contribution in [0.3, 0.4) is 0 Å². The predicted octanol–water partition coefficient (Wildman–Crippen LogP) is 2.18. The van der Waals surface area contributed by atoms with Gasteiger partial charge in [0.1, 0.15) is 6.10 Å². The summed E-state index contributed by atoms with van der Waals surface area (Å²) in [7, 11) is 0. The summed E-state index contributed by atoms with van der Waals surface area (Å²) in [5.74, 6) is 0. The molecule has 1 fully saturated rings. The maximum atomic E-state index is 10.1. The number of hydrogen-bond acceptors (Lipinski definition) is 6. The van der Waals surface area contributed by atoms with Crippen LogP contribution in [0.4, 0.5) is 0 Å². The first-order valence-electron chi connectivity index (χ1n) is 7.54. The van der Waals surface area contributed by atoms with Crippen molar-refractivity contribution in [2.45, 2.75) is 63.4 Å². The van der Waals surface area contributed by atoms with Crippen LogP contribution in [0, 0.1) is 0 Å². The first kappa shape index (κ1) is 19.2. The summed E-state index contributed by atoms with van der Waals surface area (Å²) in [5, 5.41) is 27.1. The Morgan fingerprint density at radius 1 is 1.09 bits per heavy atom. The molecule has 1 heterocycles. The number of rotatable bonds is 4. The molecule has 0 aromatic heterocycles. The Balaban J connectivity index is 0.00000127. The lowest BCUT2D eigenvalue weighted by molar-refractivity contribution is -0.216. The molecule has 2 N–H and O–H groups in total. The number of hydrogen-bond donors (Lipinski definition) is 2. The van der Waals surface area contributed by atoms with E-state index in [2.05, 4.69) is 20.1 Å². The van der Waals surface area contributed by atoms with E-state index >= 15 is 0 Å². The molecule has 6 atom stereocenters. The first-order chi connectivity index (χ1) is 11.2. The van der Waals surface area contributed by atoms with Crippen LogP contribution in [0.1, 0.15) is 26.7 Å². The molecule has 1 aliphatic carbocycles. The molecule has 10 heteroatoms. The van der Waals surface area contributed by atoms with Gasteiger partial charge in [-0.15, -0.1) is 0 Å². The third-order valence-corrected chi connectivity index (χ3v) is 3.53. The first-order valence-corrected chi connectivity index (χ1v) is 7.54. The van der Waals surface area contributed by atoms with Gasteiger partial charge in [0.15, 0.2) is 6.29 Å². The van der Waals surface area contributed by atoms with E-state index in [1.165, 1.54) is 0 Å². The van der Waals surface area contributed by atoms with Gasteiger partial charge in [0.05, 0.1) is 30.9 Å². The molecule has 0 bridgehead atoms. The van der Waals surface area contributed by atoms with Crippen LogP contribution >= 0.6 is 0 Å². The Bertz CT molecular complexity index is 489. The Morgan fingerprint density at radius 2 is 1.74 bits per heavy atom. The number of azide groups is 2. The highest BCUT2D eigenvalue weighted by atomic mass is 16.7. The average molecular weight is 326 g/mol. The van der Waals surface area contributed by atoms with Crippen LogP contribution in [-0.2, 0) is 9.47 Å². The fraction of sp³-hybridized carbons (Fsp3) is 0.846. The molecule has 0 saturated heterocycles. The number of nitrogens with zero attached hydrogens (tertiary/aromatic N) is 6. The molecule has 128 valence electrons. The standard InChI is InChI=1S/C11H16N6O4.C2H6/c12-16-14-6-5-7(15-17-13)11(10(19)9(6)18)21-8-3-1-2-4-20-8;1-2/h1-2,6-11,18-19H,3-5H2;1-2H3/t6-,7+,8?,9+,10-,11-;/m1./s1. The fourth-order valence-corrected chi connectivity index (χ4v) is 2.48. The van der Waals surface area contributed by atoms with Crippen molar-refractivity contribution in [3.63, 3.8) is 0 Å². The fourth-order valence-electron chi connectivity index (χ4n) is 2.48.